The number of hydrogen-bond donors (Lipinski definition) is 1. The largest absolute Gasteiger partial charge is 0.489 e. The fourth-order valence-electron chi connectivity index (χ4n) is 2.92. The molecule has 3 aromatic carbocycles. The number of nitro benzene ring substituents is 1. The van der Waals surface area contributed by atoms with Gasteiger partial charge in [0.15, 0.2) is 5.76 Å². The van der Waals surface area contributed by atoms with E-state index in [0.29, 0.717) is 16.9 Å². The van der Waals surface area contributed by atoms with Crippen molar-refractivity contribution in [1.29, 1.82) is 0 Å². The van der Waals surface area contributed by atoms with Crippen LogP contribution in [0.4, 0.5) is 5.69 Å². The van der Waals surface area contributed by atoms with E-state index in [1.54, 1.807) is 48.5 Å². The summed E-state index contributed by atoms with van der Waals surface area (Å²) < 4.78 is 12.1. The number of benzene rings is 3. The highest BCUT2D eigenvalue weighted by Gasteiger charge is 2.11. The van der Waals surface area contributed by atoms with Gasteiger partial charge in [-0.1, -0.05) is 28.1 Å². The number of amides is 1. The first kappa shape index (κ1) is 21.3. The van der Waals surface area contributed by atoms with Crippen molar-refractivity contribution in [2.45, 2.75) is 6.61 Å². The summed E-state index contributed by atoms with van der Waals surface area (Å²) in [6, 6.07) is 20.5. The number of rotatable bonds is 7. The van der Waals surface area contributed by atoms with Gasteiger partial charge >= 0.3 is 5.91 Å². The van der Waals surface area contributed by atoms with Crippen molar-refractivity contribution < 1.29 is 18.9 Å². The summed E-state index contributed by atoms with van der Waals surface area (Å²) in [5.41, 5.74) is 4.53. The van der Waals surface area contributed by atoms with Crippen LogP contribution in [0.3, 0.4) is 0 Å². The molecule has 0 unspecified atom stereocenters. The fraction of sp³-hybridized carbons (Fsp3) is 0.0435. The van der Waals surface area contributed by atoms with Crippen LogP contribution in [0.25, 0.3) is 11.0 Å². The molecule has 32 heavy (non-hydrogen) atoms. The van der Waals surface area contributed by atoms with Gasteiger partial charge in [0.1, 0.15) is 17.9 Å². The summed E-state index contributed by atoms with van der Waals surface area (Å²) in [5, 5.41) is 15.6. The Morgan fingerprint density at radius 1 is 1.12 bits per heavy atom. The molecule has 0 aliphatic heterocycles. The molecule has 0 spiro atoms. The average molecular weight is 494 g/mol. The smallest absolute Gasteiger partial charge is 0.307 e. The molecule has 160 valence electrons. The molecule has 8 nitrogen and oxygen atoms in total. The third-order valence-corrected chi connectivity index (χ3v) is 4.98. The molecular weight excluding hydrogens is 478 g/mol. The van der Waals surface area contributed by atoms with Crippen molar-refractivity contribution in [3.05, 3.63) is 104 Å². The second-order valence-corrected chi connectivity index (χ2v) is 7.69. The number of halogens is 1. The molecular formula is C23H16BrN3O5. The quantitative estimate of drug-likeness (QED) is 0.209. The maximum Gasteiger partial charge on any atom is 0.307 e. The molecule has 1 heterocycles. The van der Waals surface area contributed by atoms with Gasteiger partial charge in [-0.25, -0.2) is 5.43 Å². The fourth-order valence-corrected chi connectivity index (χ4v) is 3.30. The molecule has 1 aromatic heterocycles. The molecule has 4 aromatic rings. The number of nitrogens with one attached hydrogen (secondary N) is 1. The number of non-ortho nitro benzene ring substituents is 1. The van der Waals surface area contributed by atoms with Crippen LogP contribution in [0.2, 0.25) is 0 Å². The van der Waals surface area contributed by atoms with E-state index in [0.717, 1.165) is 15.4 Å². The third-order valence-electron chi connectivity index (χ3n) is 4.49. The minimum atomic E-state index is -0.453. The molecule has 9 heteroatoms. The molecule has 1 amide bonds. The predicted octanol–water partition coefficient (Wildman–Crippen LogP) is 5.45. The third kappa shape index (κ3) is 5.19. The van der Waals surface area contributed by atoms with E-state index < -0.39 is 10.8 Å². The van der Waals surface area contributed by atoms with E-state index in [2.05, 4.69) is 26.5 Å². The van der Waals surface area contributed by atoms with E-state index in [9.17, 15) is 14.9 Å². The first-order valence-corrected chi connectivity index (χ1v) is 10.3. The van der Waals surface area contributed by atoms with Crippen LogP contribution in [-0.4, -0.2) is 17.0 Å². The van der Waals surface area contributed by atoms with Crippen molar-refractivity contribution in [2.75, 3.05) is 0 Å². The van der Waals surface area contributed by atoms with Crippen LogP contribution < -0.4 is 10.2 Å². The lowest BCUT2D eigenvalue weighted by Gasteiger charge is -2.06. The lowest BCUT2D eigenvalue weighted by atomic mass is 10.2. The number of hydrogen-bond acceptors (Lipinski definition) is 6. The van der Waals surface area contributed by atoms with E-state index in [4.69, 9.17) is 9.15 Å². The van der Waals surface area contributed by atoms with E-state index in [1.165, 1.54) is 18.3 Å². The summed E-state index contributed by atoms with van der Waals surface area (Å²) in [5.74, 6) is 0.316. The zero-order valence-electron chi connectivity index (χ0n) is 16.5. The maximum absolute atomic E-state index is 12.2. The minimum Gasteiger partial charge on any atom is -0.489 e. The Bertz CT molecular complexity index is 1310. The summed E-state index contributed by atoms with van der Waals surface area (Å²) in [6.07, 6.45) is 1.50. The first-order chi connectivity index (χ1) is 15.5. The van der Waals surface area contributed by atoms with Gasteiger partial charge in [0.2, 0.25) is 0 Å². The standard InChI is InChI=1S/C23H16BrN3O5/c24-18-6-9-21-17(11-18)12-22(32-21)23(28)26-25-13-15-4-7-20(8-5-15)31-14-16-2-1-3-19(10-16)27(29)30/h1-13H,14H2,(H,26,28)/b25-13+. The normalized spacial score (nSPS) is 11.0. The van der Waals surface area contributed by atoms with E-state index in [1.807, 2.05) is 12.1 Å². The molecule has 4 rings (SSSR count). The number of ether oxygens (including phenoxy) is 1. The Labute approximate surface area is 190 Å². The van der Waals surface area contributed by atoms with Crippen molar-refractivity contribution in [1.82, 2.24) is 5.43 Å². The van der Waals surface area contributed by atoms with E-state index in [-0.39, 0.29) is 18.1 Å². The SMILES string of the molecule is O=C(N/N=C/c1ccc(OCc2cccc([N+](=O)[O-])c2)cc1)c1cc2cc(Br)ccc2o1. The summed E-state index contributed by atoms with van der Waals surface area (Å²) >= 11 is 3.38. The molecule has 0 radical (unpaired) electrons. The molecule has 0 atom stereocenters. The Morgan fingerprint density at radius 3 is 2.72 bits per heavy atom. The van der Waals surface area contributed by atoms with Crippen molar-refractivity contribution >= 4 is 44.7 Å². The molecule has 0 aliphatic carbocycles. The van der Waals surface area contributed by atoms with Crippen molar-refractivity contribution in [3.8, 4) is 5.75 Å². The summed E-state index contributed by atoms with van der Waals surface area (Å²) in [6.45, 7) is 0.208. The van der Waals surface area contributed by atoms with Crippen LogP contribution in [0.15, 0.2) is 86.8 Å². The number of nitro groups is 1. The highest BCUT2D eigenvalue weighted by molar-refractivity contribution is 9.10. The second-order valence-electron chi connectivity index (χ2n) is 6.78. The van der Waals surface area contributed by atoms with Gasteiger partial charge in [-0.3, -0.25) is 14.9 Å². The second kappa shape index (κ2) is 9.44. The van der Waals surface area contributed by atoms with Gasteiger partial charge in [-0.05, 0) is 59.7 Å². The Hall–Kier alpha value is -3.98. The number of hydrazone groups is 1. The van der Waals surface area contributed by atoms with Gasteiger partial charge in [0.05, 0.1) is 11.1 Å². The highest BCUT2D eigenvalue weighted by atomic mass is 79.9. The number of carbonyl (C=O) groups excluding carboxylic acids is 1. The number of fused-ring (bicyclic) bond motifs is 1. The molecule has 0 aliphatic rings. The van der Waals surface area contributed by atoms with Gasteiger partial charge in [-0.2, -0.15) is 5.10 Å². The molecule has 0 saturated carbocycles. The zero-order chi connectivity index (χ0) is 22.5. The molecule has 1 N–H and O–H groups in total. The Balaban J connectivity index is 1.32. The van der Waals surface area contributed by atoms with Gasteiger partial charge in [-0.15, -0.1) is 0 Å². The van der Waals surface area contributed by atoms with Gasteiger partial charge in [0, 0.05) is 22.0 Å². The van der Waals surface area contributed by atoms with Crippen molar-refractivity contribution in [2.24, 2.45) is 5.10 Å². The maximum atomic E-state index is 12.2. The topological polar surface area (TPSA) is 107 Å². The van der Waals surface area contributed by atoms with Crippen molar-refractivity contribution in [3.63, 3.8) is 0 Å². The van der Waals surface area contributed by atoms with Crippen LogP contribution >= 0.6 is 15.9 Å². The van der Waals surface area contributed by atoms with Gasteiger partial charge in [0.25, 0.3) is 5.69 Å². The zero-order valence-corrected chi connectivity index (χ0v) is 18.1. The monoisotopic (exact) mass is 493 g/mol. The lowest BCUT2D eigenvalue weighted by Crippen LogP contribution is -2.16. The Kier molecular flexibility index (Phi) is 6.27. The number of nitrogens with zero attached hydrogens (tertiary/aromatic N) is 2. The van der Waals surface area contributed by atoms with Crippen LogP contribution in [0.5, 0.6) is 5.75 Å². The summed E-state index contributed by atoms with van der Waals surface area (Å²) in [7, 11) is 0. The van der Waals surface area contributed by atoms with Crippen LogP contribution in [0, 0.1) is 10.1 Å². The van der Waals surface area contributed by atoms with E-state index >= 15 is 0 Å². The predicted molar refractivity (Wildman–Crippen MR) is 123 cm³/mol. The summed E-state index contributed by atoms with van der Waals surface area (Å²) in [4.78, 5) is 22.6. The molecule has 0 bridgehead atoms. The van der Waals surface area contributed by atoms with Crippen LogP contribution in [0.1, 0.15) is 21.7 Å². The van der Waals surface area contributed by atoms with Crippen LogP contribution in [-0.2, 0) is 6.61 Å². The number of furan rings is 1. The highest BCUT2D eigenvalue weighted by Crippen LogP contribution is 2.23. The first-order valence-electron chi connectivity index (χ1n) is 9.47. The Morgan fingerprint density at radius 2 is 1.94 bits per heavy atom. The molecule has 0 fully saturated rings. The van der Waals surface area contributed by atoms with Gasteiger partial charge < -0.3 is 9.15 Å². The average Bonchev–Trinajstić information content (AvgIpc) is 3.22. The lowest BCUT2D eigenvalue weighted by molar-refractivity contribution is -0.384. The molecule has 0 saturated heterocycles. The minimum absolute atomic E-state index is 0.0234. The number of carbonyl (C=O) groups is 1.